The highest BCUT2D eigenvalue weighted by molar-refractivity contribution is 7.98. The van der Waals surface area contributed by atoms with Crippen molar-refractivity contribution in [3.63, 3.8) is 0 Å². The van der Waals surface area contributed by atoms with Crippen LogP contribution < -0.4 is 0 Å². The van der Waals surface area contributed by atoms with Crippen LogP contribution >= 0.6 is 11.8 Å². The summed E-state index contributed by atoms with van der Waals surface area (Å²) in [5.74, 6) is -0.772. The first-order valence-electron chi connectivity index (χ1n) is 6.66. The van der Waals surface area contributed by atoms with Crippen LogP contribution in [-0.2, 0) is 6.54 Å². The summed E-state index contributed by atoms with van der Waals surface area (Å²) in [7, 11) is 1.68. The SMILES string of the molecule is CSc1ccc(CN(C)C(=O)c2ccc(C)cc2F)cc1. The van der Waals surface area contributed by atoms with E-state index < -0.39 is 5.82 Å². The van der Waals surface area contributed by atoms with E-state index in [1.807, 2.05) is 30.5 Å². The zero-order valence-electron chi connectivity index (χ0n) is 12.4. The van der Waals surface area contributed by atoms with Crippen LogP contribution in [0.5, 0.6) is 0 Å². The van der Waals surface area contributed by atoms with E-state index in [-0.39, 0.29) is 11.5 Å². The van der Waals surface area contributed by atoms with Gasteiger partial charge in [0.05, 0.1) is 5.56 Å². The molecule has 0 fully saturated rings. The van der Waals surface area contributed by atoms with Gasteiger partial charge in [-0.1, -0.05) is 18.2 Å². The number of benzene rings is 2. The highest BCUT2D eigenvalue weighted by Gasteiger charge is 2.16. The Balaban J connectivity index is 2.11. The fourth-order valence-corrected chi connectivity index (χ4v) is 2.48. The van der Waals surface area contributed by atoms with E-state index >= 15 is 0 Å². The lowest BCUT2D eigenvalue weighted by atomic mass is 10.1. The third-order valence-corrected chi connectivity index (χ3v) is 4.02. The number of rotatable bonds is 4. The Morgan fingerprint density at radius 2 is 1.86 bits per heavy atom. The second-order valence-electron chi connectivity index (χ2n) is 4.99. The minimum atomic E-state index is -0.468. The lowest BCUT2D eigenvalue weighted by Crippen LogP contribution is -2.27. The summed E-state index contributed by atoms with van der Waals surface area (Å²) in [6, 6.07) is 12.7. The molecule has 0 saturated heterocycles. The molecule has 0 aliphatic heterocycles. The van der Waals surface area contributed by atoms with Crippen molar-refractivity contribution < 1.29 is 9.18 Å². The van der Waals surface area contributed by atoms with Crippen LogP contribution in [0.3, 0.4) is 0 Å². The summed E-state index contributed by atoms with van der Waals surface area (Å²) < 4.78 is 13.8. The first-order valence-corrected chi connectivity index (χ1v) is 7.88. The lowest BCUT2D eigenvalue weighted by Gasteiger charge is -2.18. The van der Waals surface area contributed by atoms with Crippen molar-refractivity contribution in [1.82, 2.24) is 4.90 Å². The second-order valence-corrected chi connectivity index (χ2v) is 5.87. The van der Waals surface area contributed by atoms with Crippen LogP contribution in [-0.4, -0.2) is 24.1 Å². The molecule has 0 bridgehead atoms. The van der Waals surface area contributed by atoms with Gasteiger partial charge in [0.15, 0.2) is 0 Å². The van der Waals surface area contributed by atoms with Crippen molar-refractivity contribution in [3.05, 3.63) is 65.0 Å². The number of hydrogen-bond acceptors (Lipinski definition) is 2. The van der Waals surface area contributed by atoms with Crippen LogP contribution in [0.15, 0.2) is 47.4 Å². The van der Waals surface area contributed by atoms with Gasteiger partial charge in [-0.3, -0.25) is 4.79 Å². The molecule has 0 N–H and O–H groups in total. The number of carbonyl (C=O) groups is 1. The summed E-state index contributed by atoms with van der Waals surface area (Å²) >= 11 is 1.67. The van der Waals surface area contributed by atoms with Crippen molar-refractivity contribution in [2.45, 2.75) is 18.4 Å². The zero-order valence-corrected chi connectivity index (χ0v) is 13.2. The van der Waals surface area contributed by atoms with Gasteiger partial charge in [0.2, 0.25) is 0 Å². The highest BCUT2D eigenvalue weighted by atomic mass is 32.2. The van der Waals surface area contributed by atoms with Gasteiger partial charge in [-0.25, -0.2) is 4.39 Å². The van der Waals surface area contributed by atoms with E-state index in [0.29, 0.717) is 6.54 Å². The molecule has 2 aromatic rings. The summed E-state index contributed by atoms with van der Waals surface area (Å²) in [6.45, 7) is 2.26. The quantitative estimate of drug-likeness (QED) is 0.792. The van der Waals surface area contributed by atoms with Crippen molar-refractivity contribution in [1.29, 1.82) is 0 Å². The van der Waals surface area contributed by atoms with Crippen molar-refractivity contribution in [2.75, 3.05) is 13.3 Å². The highest BCUT2D eigenvalue weighted by Crippen LogP contribution is 2.17. The normalized spacial score (nSPS) is 10.5. The van der Waals surface area contributed by atoms with Crippen molar-refractivity contribution in [3.8, 4) is 0 Å². The first kappa shape index (κ1) is 15.6. The standard InChI is InChI=1S/C17H18FNOS/c1-12-4-9-15(16(18)10-12)17(20)19(2)11-13-5-7-14(21-3)8-6-13/h4-10H,11H2,1-3H3. The third-order valence-electron chi connectivity index (χ3n) is 3.28. The van der Waals surface area contributed by atoms with Gasteiger partial charge in [0.1, 0.15) is 5.82 Å². The molecule has 0 aliphatic carbocycles. The number of amides is 1. The molecule has 0 atom stereocenters. The van der Waals surface area contributed by atoms with Crippen LogP contribution in [0, 0.1) is 12.7 Å². The monoisotopic (exact) mass is 303 g/mol. The molecular weight excluding hydrogens is 285 g/mol. The minimum absolute atomic E-state index is 0.115. The number of carbonyl (C=O) groups excluding carboxylic acids is 1. The van der Waals surface area contributed by atoms with Crippen LogP contribution in [0.2, 0.25) is 0 Å². The number of halogens is 1. The molecule has 0 spiro atoms. The third kappa shape index (κ3) is 3.85. The van der Waals surface area contributed by atoms with Crippen LogP contribution in [0.4, 0.5) is 4.39 Å². The molecule has 0 aliphatic rings. The first-order chi connectivity index (χ1) is 10.0. The second kappa shape index (κ2) is 6.76. The van der Waals surface area contributed by atoms with Gasteiger partial charge in [-0.2, -0.15) is 0 Å². The van der Waals surface area contributed by atoms with Crippen LogP contribution in [0.25, 0.3) is 0 Å². The molecule has 2 nitrogen and oxygen atoms in total. The average Bonchev–Trinajstić information content (AvgIpc) is 2.47. The molecule has 2 rings (SSSR count). The molecule has 2 aromatic carbocycles. The molecular formula is C17H18FNOS. The summed E-state index contributed by atoms with van der Waals surface area (Å²) in [6.07, 6.45) is 2.02. The summed E-state index contributed by atoms with van der Waals surface area (Å²) in [5.41, 5.74) is 1.94. The fraction of sp³-hybridized carbons (Fsp3) is 0.235. The lowest BCUT2D eigenvalue weighted by molar-refractivity contribution is 0.0780. The van der Waals surface area contributed by atoms with E-state index in [1.54, 1.807) is 37.9 Å². The molecule has 0 heterocycles. The molecule has 0 radical (unpaired) electrons. The number of hydrogen-bond donors (Lipinski definition) is 0. The van der Waals surface area contributed by atoms with Gasteiger partial charge in [-0.05, 0) is 48.6 Å². The van der Waals surface area contributed by atoms with Crippen molar-refractivity contribution in [2.24, 2.45) is 0 Å². The molecule has 0 aromatic heterocycles. The van der Waals surface area contributed by atoms with E-state index in [4.69, 9.17) is 0 Å². The maximum atomic E-state index is 13.8. The largest absolute Gasteiger partial charge is 0.337 e. The maximum Gasteiger partial charge on any atom is 0.256 e. The van der Waals surface area contributed by atoms with Gasteiger partial charge < -0.3 is 4.90 Å². The Kier molecular flexibility index (Phi) is 5.02. The predicted molar refractivity (Wildman–Crippen MR) is 85.2 cm³/mol. The Morgan fingerprint density at radius 3 is 2.43 bits per heavy atom. The Hall–Kier alpha value is -1.81. The number of thioether (sulfide) groups is 1. The average molecular weight is 303 g/mol. The topological polar surface area (TPSA) is 20.3 Å². The van der Waals surface area contributed by atoms with E-state index in [0.717, 1.165) is 11.1 Å². The summed E-state index contributed by atoms with van der Waals surface area (Å²) in [4.78, 5) is 15.0. The van der Waals surface area contributed by atoms with Gasteiger partial charge >= 0.3 is 0 Å². The molecule has 0 unspecified atom stereocenters. The maximum absolute atomic E-state index is 13.8. The minimum Gasteiger partial charge on any atom is -0.337 e. The number of nitrogens with zero attached hydrogens (tertiary/aromatic N) is 1. The van der Waals surface area contributed by atoms with Crippen LogP contribution in [0.1, 0.15) is 21.5 Å². The fourth-order valence-electron chi connectivity index (χ4n) is 2.08. The van der Waals surface area contributed by atoms with Gasteiger partial charge in [0, 0.05) is 18.5 Å². The molecule has 110 valence electrons. The zero-order chi connectivity index (χ0) is 15.4. The van der Waals surface area contributed by atoms with Crippen molar-refractivity contribution >= 4 is 17.7 Å². The smallest absolute Gasteiger partial charge is 0.256 e. The predicted octanol–water partition coefficient (Wildman–Crippen LogP) is 4.13. The number of aryl methyl sites for hydroxylation is 1. The van der Waals surface area contributed by atoms with E-state index in [9.17, 15) is 9.18 Å². The molecule has 0 saturated carbocycles. The Bertz CT molecular complexity index is 640. The van der Waals surface area contributed by atoms with Gasteiger partial charge in [-0.15, -0.1) is 11.8 Å². The Labute approximate surface area is 129 Å². The molecule has 4 heteroatoms. The van der Waals surface area contributed by atoms with Gasteiger partial charge in [0.25, 0.3) is 5.91 Å². The molecule has 21 heavy (non-hydrogen) atoms. The van der Waals surface area contributed by atoms with E-state index in [2.05, 4.69) is 0 Å². The van der Waals surface area contributed by atoms with E-state index in [1.165, 1.54) is 15.9 Å². The summed E-state index contributed by atoms with van der Waals surface area (Å²) in [5, 5.41) is 0. The molecule has 1 amide bonds. The Morgan fingerprint density at radius 1 is 1.19 bits per heavy atom.